The topological polar surface area (TPSA) is 34.0 Å². The summed E-state index contributed by atoms with van der Waals surface area (Å²) in [5, 5.41) is 9.96. The highest BCUT2D eigenvalue weighted by molar-refractivity contribution is 7.99. The third-order valence-electron chi connectivity index (χ3n) is 4.01. The van der Waals surface area contributed by atoms with Gasteiger partial charge in [0.15, 0.2) is 11.0 Å². The van der Waals surface area contributed by atoms with Crippen LogP contribution in [0.25, 0.3) is 5.69 Å². The highest BCUT2D eigenvalue weighted by Gasteiger charge is 2.19. The number of thioether (sulfide) groups is 1. The summed E-state index contributed by atoms with van der Waals surface area (Å²) in [4.78, 5) is 2.48. The van der Waals surface area contributed by atoms with Crippen LogP contribution >= 0.6 is 11.8 Å². The molecule has 1 saturated heterocycles. The fraction of sp³-hybridized carbons (Fsp3) is 0.529. The molecule has 0 spiro atoms. The lowest BCUT2D eigenvalue weighted by Gasteiger charge is -2.15. The third kappa shape index (κ3) is 3.70. The highest BCUT2D eigenvalue weighted by Crippen LogP contribution is 2.24. The van der Waals surface area contributed by atoms with Crippen LogP contribution in [-0.4, -0.2) is 38.5 Å². The standard InChI is InChI=1S/C17H24N4S/c1-2-3-13-22-17-19-18-16(14-20-11-7-8-12-20)21(17)15-9-5-4-6-10-15/h4-6,9-10H,2-3,7-8,11-14H2,1H3. The molecule has 0 unspecified atom stereocenters. The Kier molecular flexibility index (Phi) is 5.51. The Hall–Kier alpha value is -1.33. The number of hydrogen-bond acceptors (Lipinski definition) is 4. The summed E-state index contributed by atoms with van der Waals surface area (Å²) < 4.78 is 2.23. The maximum absolute atomic E-state index is 4.49. The molecule has 0 amide bonds. The summed E-state index contributed by atoms with van der Waals surface area (Å²) in [6, 6.07) is 10.5. The Morgan fingerprint density at radius 3 is 2.59 bits per heavy atom. The predicted molar refractivity (Wildman–Crippen MR) is 91.5 cm³/mol. The maximum Gasteiger partial charge on any atom is 0.195 e. The van der Waals surface area contributed by atoms with Crippen LogP contribution in [0.2, 0.25) is 0 Å². The molecule has 22 heavy (non-hydrogen) atoms. The average Bonchev–Trinajstić information content (AvgIpc) is 3.19. The number of nitrogens with zero attached hydrogens (tertiary/aromatic N) is 4. The highest BCUT2D eigenvalue weighted by atomic mass is 32.2. The molecule has 0 N–H and O–H groups in total. The lowest BCUT2D eigenvalue weighted by molar-refractivity contribution is 0.319. The SMILES string of the molecule is CCCCSc1nnc(CN2CCCC2)n1-c1ccccc1. The van der Waals surface area contributed by atoms with E-state index in [-0.39, 0.29) is 0 Å². The predicted octanol–water partition coefficient (Wildman–Crippen LogP) is 3.76. The van der Waals surface area contributed by atoms with E-state index >= 15 is 0 Å². The van der Waals surface area contributed by atoms with Crippen LogP contribution in [0, 0.1) is 0 Å². The molecule has 0 aliphatic carbocycles. The zero-order valence-corrected chi connectivity index (χ0v) is 14.1. The molecule has 0 bridgehead atoms. The zero-order chi connectivity index (χ0) is 15.2. The van der Waals surface area contributed by atoms with E-state index in [1.807, 2.05) is 11.8 Å². The quantitative estimate of drug-likeness (QED) is 0.575. The van der Waals surface area contributed by atoms with Crippen molar-refractivity contribution >= 4 is 11.8 Å². The van der Waals surface area contributed by atoms with Crippen LogP contribution in [-0.2, 0) is 6.54 Å². The molecule has 2 heterocycles. The molecule has 4 nitrogen and oxygen atoms in total. The van der Waals surface area contributed by atoms with E-state index in [4.69, 9.17) is 0 Å². The molecular formula is C17H24N4S. The Bertz CT molecular complexity index is 576. The van der Waals surface area contributed by atoms with Crippen molar-refractivity contribution in [3.05, 3.63) is 36.2 Å². The monoisotopic (exact) mass is 316 g/mol. The minimum absolute atomic E-state index is 0.899. The van der Waals surface area contributed by atoms with Gasteiger partial charge in [-0.25, -0.2) is 0 Å². The molecule has 1 fully saturated rings. The van der Waals surface area contributed by atoms with E-state index < -0.39 is 0 Å². The van der Waals surface area contributed by atoms with Gasteiger partial charge in [-0.2, -0.15) is 0 Å². The fourth-order valence-electron chi connectivity index (χ4n) is 2.78. The molecule has 0 atom stereocenters. The smallest absolute Gasteiger partial charge is 0.195 e. The number of unbranched alkanes of at least 4 members (excludes halogenated alkanes) is 1. The van der Waals surface area contributed by atoms with Crippen LogP contribution in [0.4, 0.5) is 0 Å². The lowest BCUT2D eigenvalue weighted by Crippen LogP contribution is -2.21. The van der Waals surface area contributed by atoms with Crippen molar-refractivity contribution in [2.24, 2.45) is 0 Å². The van der Waals surface area contributed by atoms with Gasteiger partial charge in [0, 0.05) is 11.4 Å². The first-order chi connectivity index (χ1) is 10.9. The number of aromatic nitrogens is 3. The number of hydrogen-bond donors (Lipinski definition) is 0. The lowest BCUT2D eigenvalue weighted by atomic mass is 10.3. The van der Waals surface area contributed by atoms with E-state index in [9.17, 15) is 0 Å². The summed E-state index contributed by atoms with van der Waals surface area (Å²) in [5.41, 5.74) is 1.17. The van der Waals surface area contributed by atoms with Gasteiger partial charge < -0.3 is 0 Å². The Morgan fingerprint density at radius 2 is 1.86 bits per heavy atom. The zero-order valence-electron chi connectivity index (χ0n) is 13.2. The van der Waals surface area contributed by atoms with Crippen LogP contribution < -0.4 is 0 Å². The van der Waals surface area contributed by atoms with Gasteiger partial charge in [-0.3, -0.25) is 9.47 Å². The summed E-state index contributed by atoms with van der Waals surface area (Å²) in [6.07, 6.45) is 5.04. The van der Waals surface area contributed by atoms with Gasteiger partial charge in [0.2, 0.25) is 0 Å². The number of likely N-dealkylation sites (tertiary alicyclic amines) is 1. The van der Waals surface area contributed by atoms with Crippen molar-refractivity contribution in [3.63, 3.8) is 0 Å². The molecule has 1 aliphatic heterocycles. The van der Waals surface area contributed by atoms with E-state index in [1.54, 1.807) is 0 Å². The van der Waals surface area contributed by atoms with Gasteiger partial charge in [0.25, 0.3) is 0 Å². The van der Waals surface area contributed by atoms with E-state index in [2.05, 4.69) is 56.9 Å². The molecule has 118 valence electrons. The van der Waals surface area contributed by atoms with Crippen LogP contribution in [0.1, 0.15) is 38.4 Å². The minimum atomic E-state index is 0.899. The Labute approximate surface area is 136 Å². The number of benzene rings is 1. The Balaban J connectivity index is 1.85. The molecule has 0 radical (unpaired) electrons. The molecule has 2 aromatic rings. The van der Waals surface area contributed by atoms with E-state index in [0.29, 0.717) is 0 Å². The molecule has 0 saturated carbocycles. The van der Waals surface area contributed by atoms with Gasteiger partial charge in [-0.15, -0.1) is 10.2 Å². The molecule has 5 heteroatoms. The summed E-state index contributed by atoms with van der Waals surface area (Å²) in [7, 11) is 0. The molecule has 3 rings (SSSR count). The van der Waals surface area contributed by atoms with Crippen molar-refractivity contribution in [2.45, 2.75) is 44.3 Å². The molecule has 1 aliphatic rings. The molecular weight excluding hydrogens is 292 g/mol. The van der Waals surface area contributed by atoms with Crippen molar-refractivity contribution < 1.29 is 0 Å². The first-order valence-corrected chi connectivity index (χ1v) is 9.22. The summed E-state index contributed by atoms with van der Waals surface area (Å²) in [5.74, 6) is 2.16. The second kappa shape index (κ2) is 7.79. The summed E-state index contributed by atoms with van der Waals surface area (Å²) >= 11 is 1.82. The maximum atomic E-state index is 4.49. The first kappa shape index (κ1) is 15.6. The Morgan fingerprint density at radius 1 is 1.09 bits per heavy atom. The minimum Gasteiger partial charge on any atom is -0.296 e. The van der Waals surface area contributed by atoms with Gasteiger partial charge in [0.1, 0.15) is 0 Å². The third-order valence-corrected chi connectivity index (χ3v) is 5.02. The van der Waals surface area contributed by atoms with Crippen LogP contribution in [0.15, 0.2) is 35.5 Å². The summed E-state index contributed by atoms with van der Waals surface area (Å²) in [6.45, 7) is 5.48. The van der Waals surface area contributed by atoms with Gasteiger partial charge in [0.05, 0.1) is 6.54 Å². The first-order valence-electron chi connectivity index (χ1n) is 8.23. The van der Waals surface area contributed by atoms with Crippen molar-refractivity contribution in [1.29, 1.82) is 0 Å². The number of para-hydroxylation sites is 1. The van der Waals surface area contributed by atoms with E-state index in [1.165, 1.54) is 44.5 Å². The fourth-order valence-corrected chi connectivity index (χ4v) is 3.84. The largest absolute Gasteiger partial charge is 0.296 e. The molecule has 1 aromatic carbocycles. The van der Waals surface area contributed by atoms with Gasteiger partial charge >= 0.3 is 0 Å². The van der Waals surface area contributed by atoms with Crippen molar-refractivity contribution in [2.75, 3.05) is 18.8 Å². The second-order valence-corrected chi connectivity index (χ2v) is 6.82. The van der Waals surface area contributed by atoms with Gasteiger partial charge in [-0.1, -0.05) is 43.3 Å². The number of rotatable bonds is 7. The molecule has 1 aromatic heterocycles. The average molecular weight is 316 g/mol. The van der Waals surface area contributed by atoms with Crippen LogP contribution in [0.5, 0.6) is 0 Å². The van der Waals surface area contributed by atoms with Gasteiger partial charge in [-0.05, 0) is 44.5 Å². The second-order valence-electron chi connectivity index (χ2n) is 5.76. The van der Waals surface area contributed by atoms with E-state index in [0.717, 1.165) is 23.3 Å². The van der Waals surface area contributed by atoms with Crippen LogP contribution in [0.3, 0.4) is 0 Å². The van der Waals surface area contributed by atoms with Crippen molar-refractivity contribution in [3.8, 4) is 5.69 Å². The normalized spacial score (nSPS) is 15.5. The van der Waals surface area contributed by atoms with Crippen molar-refractivity contribution in [1.82, 2.24) is 19.7 Å².